The number of nitrogens with one attached hydrogen (secondary N) is 3. The van der Waals surface area contributed by atoms with Crippen LogP contribution in [0.15, 0.2) is 66.9 Å². The lowest BCUT2D eigenvalue weighted by Crippen LogP contribution is -2.44. The Morgan fingerprint density at radius 3 is 1.78 bits per heavy atom. The summed E-state index contributed by atoms with van der Waals surface area (Å²) >= 11 is 13.5. The van der Waals surface area contributed by atoms with Gasteiger partial charge < -0.3 is 44.8 Å². The number of aromatic nitrogens is 6. The molecule has 15 nitrogen and oxygen atoms in total. The van der Waals surface area contributed by atoms with E-state index in [2.05, 4.69) is 30.1 Å². The first-order valence-corrected chi connectivity index (χ1v) is 23.5. The van der Waals surface area contributed by atoms with Gasteiger partial charge in [0.25, 0.3) is 0 Å². The maximum Gasteiger partial charge on any atom is 0.319 e. The molecule has 2 aliphatic rings. The fraction of sp³-hybridized carbons (Fsp3) is 0.340. The average Bonchev–Trinajstić information content (AvgIpc) is 3.82. The Morgan fingerprint density at radius 1 is 0.681 bits per heavy atom. The zero-order valence-corrected chi connectivity index (χ0v) is 40.5. The lowest BCUT2D eigenvalue weighted by molar-refractivity contribution is 0.246. The number of piperazine rings is 2. The van der Waals surface area contributed by atoms with Gasteiger partial charge in [-0.15, -0.1) is 0 Å². The van der Waals surface area contributed by atoms with E-state index in [1.165, 1.54) is 16.7 Å². The zero-order valence-electron chi connectivity index (χ0n) is 41.0. The summed E-state index contributed by atoms with van der Waals surface area (Å²) in [6.45, 7) is 8.42. The number of rotatable bonds is 12. The van der Waals surface area contributed by atoms with Crippen LogP contribution in [0.3, 0.4) is 0 Å². The number of nitrogens with zero attached hydrogens (tertiary/aromatic N) is 9. The number of phenols is 1. The van der Waals surface area contributed by atoms with Crippen LogP contribution >= 0.6 is 23.2 Å². The van der Waals surface area contributed by atoms with Crippen LogP contribution in [0, 0.1) is 18.6 Å². The van der Waals surface area contributed by atoms with Gasteiger partial charge in [0.05, 0.1) is 21.8 Å². The largest absolute Gasteiger partial charge is 0.508 e. The summed E-state index contributed by atoms with van der Waals surface area (Å²) in [4.78, 5) is 26.2. The molecule has 2 saturated heterocycles. The van der Waals surface area contributed by atoms with E-state index in [4.69, 9.17) is 35.5 Å². The fourth-order valence-electron chi connectivity index (χ4n) is 8.64. The van der Waals surface area contributed by atoms with Gasteiger partial charge in [0.1, 0.15) is 44.5 Å². The molecule has 8 aromatic rings. The van der Waals surface area contributed by atoms with Gasteiger partial charge in [-0.3, -0.25) is 5.10 Å². The third-order valence-corrected chi connectivity index (χ3v) is 12.7. The fourth-order valence-corrected chi connectivity index (χ4v) is 9.22. The lowest BCUT2D eigenvalue weighted by atomic mass is 9.95. The van der Waals surface area contributed by atoms with Crippen molar-refractivity contribution in [1.82, 2.24) is 50.6 Å². The molecule has 0 spiro atoms. The van der Waals surface area contributed by atoms with Crippen LogP contribution in [-0.2, 0) is 0 Å². The van der Waals surface area contributed by atoms with E-state index < -0.39 is 11.6 Å². The number of fused-ring (bicyclic) bond motifs is 4. The summed E-state index contributed by atoms with van der Waals surface area (Å²) in [7, 11) is 7.76. The van der Waals surface area contributed by atoms with E-state index >= 15 is 8.78 Å². The standard InChI is InChI=1S/C26H27ClFN5O2.C24H27ClFN7O/c1-32(2)11-12-35-26-30-24-20(25(31-26)33-9-7-29-8-10-33)15-21(27)22(23(24)28)19-14-17(34)13-16-5-3-4-6-18(16)19;1-14-4-5-18-16(13-28-31-18)19(14)20-17(25)12-15-22(21(20)26)29-24(34-11-10-32(2)3)30-23(15)33-8-6-27-7-9-33/h3-6,13-15,29,34H,7-12H2,1-2H3;4-5,12-13,27H,6-11H2,1-3H3,(H,28,31)/i/hT2. The molecule has 5 aromatic carbocycles. The zero-order chi connectivity index (χ0) is 50.1. The molecule has 0 atom stereocenters. The van der Waals surface area contributed by atoms with Crippen molar-refractivity contribution in [1.29, 1.82) is 0 Å². The summed E-state index contributed by atoms with van der Waals surface area (Å²) in [5.74, 6) is -0.0174. The van der Waals surface area contributed by atoms with Gasteiger partial charge in [-0.25, -0.2) is 8.78 Å². The smallest absolute Gasteiger partial charge is 0.319 e. The molecule has 0 bridgehead atoms. The van der Waals surface area contributed by atoms with Crippen molar-refractivity contribution >= 4 is 78.3 Å². The molecule has 3 aromatic heterocycles. The van der Waals surface area contributed by atoms with Crippen LogP contribution < -0.4 is 29.9 Å². The average molecular weight is 984 g/mol. The summed E-state index contributed by atoms with van der Waals surface area (Å²) in [5.41, 5.74) is 3.53. The van der Waals surface area contributed by atoms with Gasteiger partial charge in [-0.2, -0.15) is 25.0 Å². The number of hydrogen-bond acceptors (Lipinski definition) is 14. The van der Waals surface area contributed by atoms with E-state index in [-0.39, 0.29) is 50.0 Å². The molecule has 19 heteroatoms. The van der Waals surface area contributed by atoms with Crippen LogP contribution in [0.2, 0.25) is 12.9 Å². The Kier molecular flexibility index (Phi) is 13.6. The van der Waals surface area contributed by atoms with E-state index in [0.717, 1.165) is 27.2 Å². The van der Waals surface area contributed by atoms with E-state index in [1.807, 2.05) is 91.1 Å². The Labute approximate surface area is 411 Å². The molecule has 0 amide bonds. The monoisotopic (exact) mass is 982 g/mol. The number of H-pyrrole nitrogens is 1. The summed E-state index contributed by atoms with van der Waals surface area (Å²) in [6, 6.07) is 18.0. The summed E-state index contributed by atoms with van der Waals surface area (Å²) in [6.07, 6.45) is 1.68. The van der Waals surface area contributed by atoms with Gasteiger partial charge >= 0.3 is 12.0 Å². The van der Waals surface area contributed by atoms with Gasteiger partial charge in [0, 0.05) is 98.3 Å². The minimum Gasteiger partial charge on any atom is -0.508 e. The summed E-state index contributed by atoms with van der Waals surface area (Å²) in [5, 5.41) is 24.2. The molecular weight excluding hydrogens is 926 g/mol. The predicted octanol–water partition coefficient (Wildman–Crippen LogP) is 7.92. The number of aryl methyl sites for hydroxylation is 1. The van der Waals surface area contributed by atoms with Gasteiger partial charge in [-0.05, 0) is 87.3 Å². The molecule has 69 heavy (non-hydrogen) atoms. The lowest BCUT2D eigenvalue weighted by Gasteiger charge is -2.29. The van der Waals surface area contributed by atoms with Crippen LogP contribution in [0.1, 0.15) is 5.56 Å². The normalized spacial score (nSPS) is 15.3. The van der Waals surface area contributed by atoms with Crippen LogP contribution in [0.25, 0.3) is 65.7 Å². The third kappa shape index (κ3) is 10.1. The predicted molar refractivity (Wildman–Crippen MR) is 272 cm³/mol. The molecule has 0 radical (unpaired) electrons. The van der Waals surface area contributed by atoms with E-state index in [9.17, 15) is 5.11 Å². The number of anilines is 2. The topological polar surface area (TPSA) is 156 Å². The third-order valence-electron chi connectivity index (χ3n) is 12.1. The van der Waals surface area contributed by atoms with E-state index in [1.54, 1.807) is 24.4 Å². The molecule has 0 unspecified atom stereocenters. The van der Waals surface area contributed by atoms with Crippen LogP contribution in [-0.4, -0.2) is 152 Å². The Hall–Kier alpha value is -6.21. The number of phenolic OH excluding ortho intramolecular Hbond substituents is 1. The van der Waals surface area contributed by atoms with Crippen molar-refractivity contribution in [3.05, 3.63) is 94.1 Å². The Morgan fingerprint density at radius 2 is 1.22 bits per heavy atom. The molecule has 10 rings (SSSR count). The minimum absolute atomic E-state index is 0.0172. The van der Waals surface area contributed by atoms with Gasteiger partial charge in [0.2, 0.25) is 0 Å². The molecule has 0 saturated carbocycles. The Balaban J connectivity index is 0.000000176. The SMILES string of the molecule is [3H]N1CCN(c2nc(OCCN(C)C)nc3c(F)c(-c4c(C)ccc5[nH]ncc45)c(Cl)cc23)CC1.[3H]N1CCN(c2nc(OCCN(C)C)nc3c(F)c(-c4cc(O)cc5ccccc45)c(Cl)cc23)CC1. The molecule has 360 valence electrons. The first-order valence-electron chi connectivity index (χ1n) is 23.6. The van der Waals surface area contributed by atoms with Crippen molar-refractivity contribution in [2.75, 3.05) is 117 Å². The number of ether oxygens (including phenoxy) is 2. The molecule has 2 aliphatic heterocycles. The highest BCUT2D eigenvalue weighted by Crippen LogP contribution is 2.44. The number of halogens is 4. The second-order valence-corrected chi connectivity index (χ2v) is 18.3. The molecule has 5 heterocycles. The molecule has 0 aliphatic carbocycles. The van der Waals surface area contributed by atoms with Crippen molar-refractivity contribution in [2.45, 2.75) is 6.92 Å². The van der Waals surface area contributed by atoms with Crippen molar-refractivity contribution in [2.24, 2.45) is 0 Å². The minimum atomic E-state index is -0.603. The van der Waals surface area contributed by atoms with Crippen molar-refractivity contribution in [3.8, 4) is 40.0 Å². The van der Waals surface area contributed by atoms with Crippen molar-refractivity contribution in [3.63, 3.8) is 0 Å². The van der Waals surface area contributed by atoms with E-state index in [0.29, 0.717) is 112 Å². The number of hydrogen-bond donors (Lipinski definition) is 4. The second-order valence-electron chi connectivity index (χ2n) is 17.5. The molecule has 2 fully saturated rings. The van der Waals surface area contributed by atoms with Gasteiger partial charge in [0.15, 0.2) is 11.6 Å². The highest BCUT2D eigenvalue weighted by atomic mass is 35.5. The highest BCUT2D eigenvalue weighted by Gasteiger charge is 2.27. The Bertz CT molecular complexity index is 3250. The number of benzene rings is 5. The highest BCUT2D eigenvalue weighted by molar-refractivity contribution is 6.35. The first-order chi connectivity index (χ1) is 34.1. The second kappa shape index (κ2) is 20.8. The first kappa shape index (κ1) is 45.2. The molecular formula is C50H54Cl2F2N12O3. The summed E-state index contributed by atoms with van der Waals surface area (Å²) < 4.78 is 60.1. The van der Waals surface area contributed by atoms with Gasteiger partial charge in [-0.1, -0.05) is 53.5 Å². The quantitative estimate of drug-likeness (QED) is 0.0937. The van der Waals surface area contributed by atoms with Crippen molar-refractivity contribution < 1.29 is 26.2 Å². The molecule has 4 N–H and O–H groups in total. The maximum atomic E-state index is 16.3. The number of aromatic amines is 1. The van der Waals surface area contributed by atoms with Crippen LogP contribution in [0.4, 0.5) is 20.4 Å². The van der Waals surface area contributed by atoms with Crippen LogP contribution in [0.5, 0.6) is 17.8 Å². The number of likely N-dealkylation sites (N-methyl/N-ethyl adjacent to an activating group) is 2. The maximum absolute atomic E-state index is 16.3. The number of aromatic hydroxyl groups is 1.